The molecule has 2 N–H and O–H groups in total. The molecule has 0 amide bonds. The van der Waals surface area contributed by atoms with Crippen LogP contribution in [0.1, 0.15) is 11.3 Å². The lowest BCUT2D eigenvalue weighted by Crippen LogP contribution is -2.21. The highest BCUT2D eigenvalue weighted by Gasteiger charge is 2.21. The number of phenols is 1. The number of hydrogen-bond donors (Lipinski definition) is 2. The Bertz CT molecular complexity index is 735. The number of aryl methyl sites for hydroxylation is 1. The van der Waals surface area contributed by atoms with Crippen molar-refractivity contribution >= 4 is 15.7 Å². The minimum Gasteiger partial charge on any atom is -0.508 e. The molecule has 0 unspecified atom stereocenters. The Labute approximate surface area is 124 Å². The zero-order chi connectivity index (χ0) is 15.6. The standard InChI is InChI=1S/C14H18N2O4S/c1-10-8-11(17)4-6-13(10)15-9-12-5-7-14(20-12)21(18,19)16(2)3/h4-8,15,17H,9H2,1-3H3. The molecule has 6 nitrogen and oxygen atoms in total. The molecule has 0 spiro atoms. The van der Waals surface area contributed by atoms with Gasteiger partial charge in [-0.1, -0.05) is 0 Å². The number of sulfonamides is 1. The van der Waals surface area contributed by atoms with Crippen LogP contribution < -0.4 is 5.32 Å². The number of anilines is 1. The summed E-state index contributed by atoms with van der Waals surface area (Å²) in [5, 5.41) is 12.4. The summed E-state index contributed by atoms with van der Waals surface area (Å²) in [5.74, 6) is 0.721. The van der Waals surface area contributed by atoms with E-state index in [9.17, 15) is 13.5 Å². The van der Waals surface area contributed by atoms with Crippen LogP contribution >= 0.6 is 0 Å². The van der Waals surface area contributed by atoms with Gasteiger partial charge in [-0.15, -0.1) is 0 Å². The highest BCUT2D eigenvalue weighted by Crippen LogP contribution is 2.22. The van der Waals surface area contributed by atoms with E-state index in [0.29, 0.717) is 12.3 Å². The van der Waals surface area contributed by atoms with Gasteiger partial charge in [-0.05, 0) is 42.8 Å². The Balaban J connectivity index is 2.10. The van der Waals surface area contributed by atoms with Gasteiger partial charge >= 0.3 is 0 Å². The first-order valence-electron chi connectivity index (χ1n) is 6.35. The van der Waals surface area contributed by atoms with Crippen molar-refractivity contribution in [3.05, 3.63) is 41.7 Å². The largest absolute Gasteiger partial charge is 0.508 e. The van der Waals surface area contributed by atoms with Crippen LogP contribution in [0.2, 0.25) is 0 Å². The molecule has 21 heavy (non-hydrogen) atoms. The van der Waals surface area contributed by atoms with E-state index >= 15 is 0 Å². The average molecular weight is 310 g/mol. The van der Waals surface area contributed by atoms with Crippen molar-refractivity contribution in [2.75, 3.05) is 19.4 Å². The second-order valence-corrected chi connectivity index (χ2v) is 6.94. The third-order valence-corrected chi connectivity index (χ3v) is 4.72. The summed E-state index contributed by atoms with van der Waals surface area (Å²) in [7, 11) is -0.639. The lowest BCUT2D eigenvalue weighted by molar-refractivity contribution is 0.402. The quantitative estimate of drug-likeness (QED) is 0.827. The van der Waals surface area contributed by atoms with Gasteiger partial charge in [0.25, 0.3) is 10.0 Å². The van der Waals surface area contributed by atoms with Crippen LogP contribution in [0.3, 0.4) is 0 Å². The van der Waals surface area contributed by atoms with Crippen molar-refractivity contribution in [2.45, 2.75) is 18.6 Å². The molecule has 0 fully saturated rings. The number of nitrogens with zero attached hydrogens (tertiary/aromatic N) is 1. The Morgan fingerprint density at radius 3 is 2.57 bits per heavy atom. The van der Waals surface area contributed by atoms with E-state index in [2.05, 4.69) is 5.32 Å². The molecule has 0 aliphatic rings. The molecule has 1 heterocycles. The van der Waals surface area contributed by atoms with Crippen LogP contribution in [-0.4, -0.2) is 31.9 Å². The maximum atomic E-state index is 11.9. The smallest absolute Gasteiger partial charge is 0.275 e. The Hall–Kier alpha value is -1.99. The Morgan fingerprint density at radius 1 is 1.24 bits per heavy atom. The van der Waals surface area contributed by atoms with E-state index in [-0.39, 0.29) is 10.8 Å². The fraction of sp³-hybridized carbons (Fsp3) is 0.286. The van der Waals surface area contributed by atoms with Gasteiger partial charge < -0.3 is 14.8 Å². The van der Waals surface area contributed by atoms with Gasteiger partial charge in [0, 0.05) is 19.8 Å². The molecular formula is C14H18N2O4S. The van der Waals surface area contributed by atoms with E-state index < -0.39 is 10.0 Å². The molecule has 0 radical (unpaired) electrons. The fourth-order valence-electron chi connectivity index (χ4n) is 1.80. The summed E-state index contributed by atoms with van der Waals surface area (Å²) in [6.07, 6.45) is 0. The van der Waals surface area contributed by atoms with Gasteiger partial charge in [-0.3, -0.25) is 0 Å². The number of benzene rings is 1. The van der Waals surface area contributed by atoms with Crippen LogP contribution in [0.25, 0.3) is 0 Å². The molecule has 0 saturated heterocycles. The monoisotopic (exact) mass is 310 g/mol. The summed E-state index contributed by atoms with van der Waals surface area (Å²) in [6.45, 7) is 2.22. The second-order valence-electron chi connectivity index (χ2n) is 4.86. The first-order valence-corrected chi connectivity index (χ1v) is 7.79. The van der Waals surface area contributed by atoms with Gasteiger partial charge in [0.15, 0.2) is 0 Å². The van der Waals surface area contributed by atoms with Gasteiger partial charge in [0.1, 0.15) is 11.5 Å². The first-order chi connectivity index (χ1) is 9.80. The average Bonchev–Trinajstić information content (AvgIpc) is 2.87. The molecule has 0 aliphatic carbocycles. The zero-order valence-electron chi connectivity index (χ0n) is 12.1. The first kappa shape index (κ1) is 15.4. The number of hydrogen-bond acceptors (Lipinski definition) is 5. The van der Waals surface area contributed by atoms with Crippen molar-refractivity contribution in [1.29, 1.82) is 0 Å². The van der Waals surface area contributed by atoms with Crippen LogP contribution in [0.15, 0.2) is 39.8 Å². The minimum absolute atomic E-state index is 0.0771. The molecule has 0 atom stereocenters. The number of furan rings is 1. The molecular weight excluding hydrogens is 292 g/mol. The fourth-order valence-corrected chi connectivity index (χ4v) is 2.61. The molecule has 114 valence electrons. The van der Waals surface area contributed by atoms with Crippen LogP contribution in [0.4, 0.5) is 5.69 Å². The summed E-state index contributed by atoms with van der Waals surface area (Å²) in [5.41, 5.74) is 1.74. The lowest BCUT2D eigenvalue weighted by Gasteiger charge is -2.09. The number of nitrogens with one attached hydrogen (secondary N) is 1. The molecule has 0 aliphatic heterocycles. The number of phenolic OH excluding ortho intramolecular Hbond substituents is 1. The third kappa shape index (κ3) is 3.37. The van der Waals surface area contributed by atoms with E-state index in [1.165, 1.54) is 20.2 Å². The second kappa shape index (κ2) is 5.79. The zero-order valence-corrected chi connectivity index (χ0v) is 12.9. The van der Waals surface area contributed by atoms with Gasteiger partial charge in [0.2, 0.25) is 5.09 Å². The summed E-state index contributed by atoms with van der Waals surface area (Å²) in [6, 6.07) is 8.05. The van der Waals surface area contributed by atoms with Crippen LogP contribution in [-0.2, 0) is 16.6 Å². The van der Waals surface area contributed by atoms with Crippen molar-refractivity contribution in [1.82, 2.24) is 4.31 Å². The van der Waals surface area contributed by atoms with E-state index in [4.69, 9.17) is 4.42 Å². The van der Waals surface area contributed by atoms with Crippen molar-refractivity contribution < 1.29 is 17.9 Å². The summed E-state index contributed by atoms with van der Waals surface area (Å²) >= 11 is 0. The molecule has 1 aromatic carbocycles. The Kier molecular flexibility index (Phi) is 4.24. The van der Waals surface area contributed by atoms with E-state index in [1.54, 1.807) is 24.3 Å². The third-order valence-electron chi connectivity index (χ3n) is 3.04. The predicted molar refractivity (Wildman–Crippen MR) is 79.8 cm³/mol. The van der Waals surface area contributed by atoms with E-state index in [0.717, 1.165) is 15.6 Å². The van der Waals surface area contributed by atoms with E-state index in [1.807, 2.05) is 6.92 Å². The molecule has 0 bridgehead atoms. The number of aromatic hydroxyl groups is 1. The molecule has 7 heteroatoms. The van der Waals surface area contributed by atoms with Crippen LogP contribution in [0, 0.1) is 6.92 Å². The van der Waals surface area contributed by atoms with Crippen molar-refractivity contribution in [3.63, 3.8) is 0 Å². The highest BCUT2D eigenvalue weighted by molar-refractivity contribution is 7.88. The topological polar surface area (TPSA) is 82.8 Å². The molecule has 2 rings (SSSR count). The van der Waals surface area contributed by atoms with Gasteiger partial charge in [-0.2, -0.15) is 0 Å². The summed E-state index contributed by atoms with van der Waals surface area (Å²) < 4.78 is 30.2. The van der Waals surface area contributed by atoms with Crippen LogP contribution in [0.5, 0.6) is 5.75 Å². The maximum absolute atomic E-state index is 11.9. The SMILES string of the molecule is Cc1cc(O)ccc1NCc1ccc(S(=O)(=O)N(C)C)o1. The van der Waals surface area contributed by atoms with Crippen molar-refractivity contribution in [3.8, 4) is 5.75 Å². The molecule has 1 aromatic heterocycles. The molecule has 2 aromatic rings. The summed E-state index contributed by atoms with van der Waals surface area (Å²) in [4.78, 5) is 0. The van der Waals surface area contributed by atoms with Gasteiger partial charge in [0.05, 0.1) is 6.54 Å². The lowest BCUT2D eigenvalue weighted by atomic mass is 10.2. The molecule has 0 saturated carbocycles. The highest BCUT2D eigenvalue weighted by atomic mass is 32.2. The minimum atomic E-state index is -3.55. The number of rotatable bonds is 5. The maximum Gasteiger partial charge on any atom is 0.275 e. The normalized spacial score (nSPS) is 11.8. The predicted octanol–water partition coefficient (Wildman–Crippen LogP) is 2.16. The van der Waals surface area contributed by atoms with Gasteiger partial charge in [-0.25, -0.2) is 12.7 Å². The Morgan fingerprint density at radius 2 is 1.95 bits per heavy atom. The van der Waals surface area contributed by atoms with Crippen molar-refractivity contribution in [2.24, 2.45) is 0 Å².